The summed E-state index contributed by atoms with van der Waals surface area (Å²) in [6.45, 7) is 7.65. The molecular formula is C13H26N2O. The van der Waals surface area contributed by atoms with E-state index in [0.717, 1.165) is 38.8 Å². The molecule has 1 heterocycles. The maximum Gasteiger partial charge on any atom is 0.0594 e. The van der Waals surface area contributed by atoms with Gasteiger partial charge in [0, 0.05) is 26.2 Å². The van der Waals surface area contributed by atoms with Gasteiger partial charge in [0.25, 0.3) is 0 Å². The molecule has 1 saturated carbocycles. The Morgan fingerprint density at radius 3 is 2.56 bits per heavy atom. The van der Waals surface area contributed by atoms with Crippen LogP contribution in [0.15, 0.2) is 0 Å². The van der Waals surface area contributed by atoms with E-state index in [1.807, 2.05) is 0 Å². The highest BCUT2D eigenvalue weighted by Gasteiger charge is 2.13. The Kier molecular flexibility index (Phi) is 5.59. The molecule has 0 aromatic heterocycles. The Morgan fingerprint density at radius 2 is 1.81 bits per heavy atom. The van der Waals surface area contributed by atoms with Crippen LogP contribution in [0.5, 0.6) is 0 Å². The van der Waals surface area contributed by atoms with E-state index < -0.39 is 0 Å². The zero-order valence-corrected chi connectivity index (χ0v) is 10.4. The maximum atomic E-state index is 5.34. The van der Waals surface area contributed by atoms with Gasteiger partial charge < -0.3 is 10.1 Å². The van der Waals surface area contributed by atoms with Crippen LogP contribution in [0.3, 0.4) is 0 Å². The largest absolute Gasteiger partial charge is 0.379 e. The van der Waals surface area contributed by atoms with Gasteiger partial charge in [0.1, 0.15) is 0 Å². The van der Waals surface area contributed by atoms with Crippen molar-refractivity contribution in [1.29, 1.82) is 0 Å². The third kappa shape index (κ3) is 4.40. The van der Waals surface area contributed by atoms with Gasteiger partial charge in [-0.25, -0.2) is 0 Å². The maximum absolute atomic E-state index is 5.34. The van der Waals surface area contributed by atoms with Gasteiger partial charge in [-0.15, -0.1) is 0 Å². The zero-order chi connectivity index (χ0) is 11.1. The molecule has 1 N–H and O–H groups in total. The van der Waals surface area contributed by atoms with E-state index >= 15 is 0 Å². The Morgan fingerprint density at radius 1 is 1.06 bits per heavy atom. The molecule has 0 radical (unpaired) electrons. The van der Waals surface area contributed by atoms with Crippen LogP contribution < -0.4 is 5.32 Å². The average Bonchev–Trinajstić information content (AvgIpc) is 2.37. The first-order chi connectivity index (χ1) is 7.95. The van der Waals surface area contributed by atoms with Crippen molar-refractivity contribution in [2.75, 3.05) is 45.9 Å². The molecule has 2 fully saturated rings. The predicted octanol–water partition coefficient (Wildman–Crippen LogP) is 1.49. The minimum Gasteiger partial charge on any atom is -0.379 e. The number of ether oxygens (including phenoxy) is 1. The summed E-state index contributed by atoms with van der Waals surface area (Å²) in [6.07, 6.45) is 7.27. The Hall–Kier alpha value is -0.120. The third-order valence-electron chi connectivity index (χ3n) is 3.87. The first-order valence-corrected chi connectivity index (χ1v) is 6.96. The van der Waals surface area contributed by atoms with Crippen molar-refractivity contribution in [3.8, 4) is 0 Å². The summed E-state index contributed by atoms with van der Waals surface area (Å²) in [6, 6.07) is 0. The molecular weight excluding hydrogens is 200 g/mol. The third-order valence-corrected chi connectivity index (χ3v) is 3.87. The minimum absolute atomic E-state index is 0.919. The molecule has 0 unspecified atom stereocenters. The van der Waals surface area contributed by atoms with Crippen LogP contribution in [-0.4, -0.2) is 50.8 Å². The van der Waals surface area contributed by atoms with Gasteiger partial charge in [0.15, 0.2) is 0 Å². The Bertz CT molecular complexity index is 155. The summed E-state index contributed by atoms with van der Waals surface area (Å²) >= 11 is 0. The van der Waals surface area contributed by atoms with E-state index in [9.17, 15) is 0 Å². The van der Waals surface area contributed by atoms with Crippen molar-refractivity contribution in [3.05, 3.63) is 0 Å². The van der Waals surface area contributed by atoms with Gasteiger partial charge >= 0.3 is 0 Å². The second kappa shape index (κ2) is 7.25. The van der Waals surface area contributed by atoms with Crippen molar-refractivity contribution in [1.82, 2.24) is 10.2 Å². The van der Waals surface area contributed by atoms with E-state index in [2.05, 4.69) is 10.2 Å². The van der Waals surface area contributed by atoms with E-state index in [0.29, 0.717) is 0 Å². The van der Waals surface area contributed by atoms with Crippen LogP contribution in [0.1, 0.15) is 32.1 Å². The molecule has 0 bridgehead atoms. The highest BCUT2D eigenvalue weighted by atomic mass is 16.5. The molecule has 3 heteroatoms. The fourth-order valence-electron chi connectivity index (χ4n) is 2.76. The van der Waals surface area contributed by atoms with Gasteiger partial charge in [0.05, 0.1) is 13.2 Å². The van der Waals surface area contributed by atoms with E-state index in [-0.39, 0.29) is 0 Å². The van der Waals surface area contributed by atoms with Gasteiger partial charge in [-0.1, -0.05) is 19.3 Å². The van der Waals surface area contributed by atoms with Crippen molar-refractivity contribution in [3.63, 3.8) is 0 Å². The quantitative estimate of drug-likeness (QED) is 0.719. The number of morpholine rings is 1. The molecule has 16 heavy (non-hydrogen) atoms. The summed E-state index contributed by atoms with van der Waals surface area (Å²) in [7, 11) is 0. The lowest BCUT2D eigenvalue weighted by Gasteiger charge is -2.27. The van der Waals surface area contributed by atoms with Gasteiger partial charge in [-0.2, -0.15) is 0 Å². The monoisotopic (exact) mass is 226 g/mol. The van der Waals surface area contributed by atoms with Gasteiger partial charge in [-0.3, -0.25) is 4.90 Å². The summed E-state index contributed by atoms with van der Waals surface area (Å²) in [5.41, 5.74) is 0. The van der Waals surface area contributed by atoms with E-state index in [1.165, 1.54) is 45.2 Å². The lowest BCUT2D eigenvalue weighted by Crippen LogP contribution is -2.41. The topological polar surface area (TPSA) is 24.5 Å². The molecule has 0 amide bonds. The normalized spacial score (nSPS) is 24.8. The molecule has 0 spiro atoms. The van der Waals surface area contributed by atoms with Crippen LogP contribution in [0.25, 0.3) is 0 Å². The average molecular weight is 226 g/mol. The summed E-state index contributed by atoms with van der Waals surface area (Å²) < 4.78 is 5.34. The molecule has 94 valence electrons. The lowest BCUT2D eigenvalue weighted by atomic mass is 9.89. The summed E-state index contributed by atoms with van der Waals surface area (Å²) in [4.78, 5) is 2.50. The predicted molar refractivity (Wildman–Crippen MR) is 66.7 cm³/mol. The molecule has 2 rings (SSSR count). The Balaban J connectivity index is 1.47. The fraction of sp³-hybridized carbons (Fsp3) is 1.00. The highest BCUT2D eigenvalue weighted by molar-refractivity contribution is 4.69. The van der Waals surface area contributed by atoms with Crippen molar-refractivity contribution < 1.29 is 4.74 Å². The van der Waals surface area contributed by atoms with E-state index in [1.54, 1.807) is 0 Å². The smallest absolute Gasteiger partial charge is 0.0594 e. The lowest BCUT2D eigenvalue weighted by molar-refractivity contribution is 0.0383. The van der Waals surface area contributed by atoms with Crippen LogP contribution in [0.2, 0.25) is 0 Å². The molecule has 2 aliphatic rings. The van der Waals surface area contributed by atoms with E-state index in [4.69, 9.17) is 4.74 Å². The molecule has 0 atom stereocenters. The zero-order valence-electron chi connectivity index (χ0n) is 10.4. The minimum atomic E-state index is 0.919. The second-order valence-electron chi connectivity index (χ2n) is 5.16. The molecule has 0 aromatic carbocycles. The van der Waals surface area contributed by atoms with Crippen LogP contribution in [-0.2, 0) is 4.74 Å². The standard InChI is InChI=1S/C13H26N2O/c1-2-4-13(5-3-1)12-14-6-7-15-8-10-16-11-9-15/h13-14H,1-12H2. The van der Waals surface area contributed by atoms with Crippen LogP contribution in [0, 0.1) is 5.92 Å². The van der Waals surface area contributed by atoms with Crippen molar-refractivity contribution >= 4 is 0 Å². The number of hydrogen-bond acceptors (Lipinski definition) is 3. The molecule has 1 aliphatic heterocycles. The van der Waals surface area contributed by atoms with Crippen molar-refractivity contribution in [2.24, 2.45) is 5.92 Å². The SMILES string of the molecule is C1CCC(CNCCN2CCOCC2)CC1. The first kappa shape index (κ1) is 12.3. The van der Waals surface area contributed by atoms with Crippen molar-refractivity contribution in [2.45, 2.75) is 32.1 Å². The van der Waals surface area contributed by atoms with Gasteiger partial charge in [-0.05, 0) is 25.3 Å². The summed E-state index contributed by atoms with van der Waals surface area (Å²) in [5.74, 6) is 0.957. The first-order valence-electron chi connectivity index (χ1n) is 6.96. The number of hydrogen-bond donors (Lipinski definition) is 1. The molecule has 3 nitrogen and oxygen atoms in total. The fourth-order valence-corrected chi connectivity index (χ4v) is 2.76. The summed E-state index contributed by atoms with van der Waals surface area (Å²) in [5, 5.41) is 3.62. The number of nitrogens with one attached hydrogen (secondary N) is 1. The molecule has 0 aromatic rings. The van der Waals surface area contributed by atoms with Crippen LogP contribution in [0.4, 0.5) is 0 Å². The molecule has 1 saturated heterocycles. The molecule has 1 aliphatic carbocycles. The van der Waals surface area contributed by atoms with Crippen LogP contribution >= 0.6 is 0 Å². The Labute approximate surface area is 99.5 Å². The second-order valence-corrected chi connectivity index (χ2v) is 5.16. The number of rotatable bonds is 5. The highest BCUT2D eigenvalue weighted by Crippen LogP contribution is 2.22. The number of nitrogens with zero attached hydrogens (tertiary/aromatic N) is 1. The van der Waals surface area contributed by atoms with Gasteiger partial charge in [0.2, 0.25) is 0 Å².